The lowest BCUT2D eigenvalue weighted by Crippen LogP contribution is -2.01. The summed E-state index contributed by atoms with van der Waals surface area (Å²) in [6, 6.07) is 7.87. The highest BCUT2D eigenvalue weighted by atomic mass is 32.1. The molecule has 0 unspecified atom stereocenters. The molecule has 4 heteroatoms. The second-order valence-corrected chi connectivity index (χ2v) is 4.65. The van der Waals surface area contributed by atoms with Crippen molar-refractivity contribution in [1.82, 2.24) is 0 Å². The summed E-state index contributed by atoms with van der Waals surface area (Å²) >= 11 is 1.44. The number of hydrogen-bond acceptors (Lipinski definition) is 3. The summed E-state index contributed by atoms with van der Waals surface area (Å²) in [6.07, 6.45) is 0. The van der Waals surface area contributed by atoms with Crippen LogP contribution in [-0.2, 0) is 0 Å². The predicted octanol–water partition coefficient (Wildman–Crippen LogP) is 3.46. The topological polar surface area (TPSA) is 49.3 Å². The van der Waals surface area contributed by atoms with Gasteiger partial charge in [0, 0.05) is 12.4 Å². The smallest absolute Gasteiger partial charge is 0.339 e. The Hall–Kier alpha value is -1.81. The van der Waals surface area contributed by atoms with Gasteiger partial charge in [0.2, 0.25) is 0 Å². The number of rotatable bonds is 3. The number of carbonyl (C=O) groups is 1. The zero-order valence-electron chi connectivity index (χ0n) is 9.65. The number of nitrogens with one attached hydrogen (secondary N) is 1. The van der Waals surface area contributed by atoms with Gasteiger partial charge in [0.1, 0.15) is 5.56 Å². The first-order chi connectivity index (χ1) is 8.13. The molecule has 1 aromatic carbocycles. The van der Waals surface area contributed by atoms with Crippen LogP contribution in [0.1, 0.15) is 15.9 Å². The molecule has 0 aliphatic rings. The number of hydrogen-bond donors (Lipinski definition) is 2. The van der Waals surface area contributed by atoms with E-state index in [1.807, 2.05) is 36.6 Å². The Labute approximate surface area is 104 Å². The summed E-state index contributed by atoms with van der Waals surface area (Å²) in [5, 5.41) is 14.0. The van der Waals surface area contributed by atoms with Crippen LogP contribution in [0.2, 0.25) is 0 Å². The lowest BCUT2D eigenvalue weighted by molar-refractivity contribution is 0.0699. The Morgan fingerprint density at radius 3 is 2.47 bits per heavy atom. The summed E-state index contributed by atoms with van der Waals surface area (Å²) in [5.74, 6) is -0.897. The van der Waals surface area contributed by atoms with Crippen molar-refractivity contribution < 1.29 is 9.90 Å². The first-order valence-corrected chi connectivity index (χ1v) is 6.11. The van der Waals surface area contributed by atoms with Crippen LogP contribution < -0.4 is 5.32 Å². The van der Waals surface area contributed by atoms with Crippen molar-refractivity contribution >= 4 is 23.0 Å². The minimum Gasteiger partial charge on any atom is -0.478 e. The van der Waals surface area contributed by atoms with Crippen molar-refractivity contribution in [3.05, 3.63) is 40.8 Å². The van der Waals surface area contributed by atoms with Crippen LogP contribution in [0.25, 0.3) is 10.4 Å². The van der Waals surface area contributed by atoms with Gasteiger partial charge in [-0.15, -0.1) is 11.3 Å². The van der Waals surface area contributed by atoms with Crippen LogP contribution in [-0.4, -0.2) is 18.1 Å². The van der Waals surface area contributed by atoms with Crippen LogP contribution in [0.5, 0.6) is 0 Å². The molecule has 0 saturated carbocycles. The Balaban J connectivity index is 2.55. The number of thiophene rings is 1. The predicted molar refractivity (Wildman–Crippen MR) is 71.0 cm³/mol. The molecule has 2 N–H and O–H groups in total. The molecule has 0 spiro atoms. The molecule has 0 aliphatic heterocycles. The fraction of sp³-hybridized carbons (Fsp3) is 0.154. The Morgan fingerprint density at radius 1 is 1.29 bits per heavy atom. The summed E-state index contributed by atoms with van der Waals surface area (Å²) in [7, 11) is 1.73. The van der Waals surface area contributed by atoms with Gasteiger partial charge in [-0.25, -0.2) is 4.79 Å². The van der Waals surface area contributed by atoms with Crippen molar-refractivity contribution in [2.75, 3.05) is 12.4 Å². The number of anilines is 1. The van der Waals surface area contributed by atoms with E-state index in [2.05, 4.69) is 5.32 Å². The number of aromatic carboxylic acids is 1. The van der Waals surface area contributed by atoms with Crippen LogP contribution in [0.15, 0.2) is 29.6 Å². The molecule has 88 valence electrons. The van der Waals surface area contributed by atoms with Crippen LogP contribution in [0, 0.1) is 6.92 Å². The molecule has 2 rings (SSSR count). The molecule has 0 saturated heterocycles. The van der Waals surface area contributed by atoms with Crippen molar-refractivity contribution in [3.8, 4) is 10.4 Å². The maximum atomic E-state index is 11.3. The average molecular weight is 247 g/mol. The first kappa shape index (κ1) is 11.7. The lowest BCUT2D eigenvalue weighted by Gasteiger charge is -2.03. The van der Waals surface area contributed by atoms with Crippen molar-refractivity contribution in [3.63, 3.8) is 0 Å². The maximum absolute atomic E-state index is 11.3. The SMILES string of the molecule is CNc1csc(-c2ccc(C)cc2)c1C(=O)O. The van der Waals surface area contributed by atoms with Gasteiger partial charge in [0.25, 0.3) is 0 Å². The second kappa shape index (κ2) is 4.59. The van der Waals surface area contributed by atoms with Crippen LogP contribution in [0.3, 0.4) is 0 Å². The zero-order valence-corrected chi connectivity index (χ0v) is 10.5. The van der Waals surface area contributed by atoms with E-state index in [9.17, 15) is 9.90 Å². The fourth-order valence-electron chi connectivity index (χ4n) is 1.67. The van der Waals surface area contributed by atoms with Gasteiger partial charge in [0.15, 0.2) is 0 Å². The van der Waals surface area contributed by atoms with E-state index in [-0.39, 0.29) is 0 Å². The zero-order chi connectivity index (χ0) is 12.4. The van der Waals surface area contributed by atoms with Crippen molar-refractivity contribution in [2.45, 2.75) is 6.92 Å². The molecule has 0 bridgehead atoms. The van der Waals surface area contributed by atoms with Crippen molar-refractivity contribution in [1.29, 1.82) is 0 Å². The Morgan fingerprint density at radius 2 is 1.94 bits per heavy atom. The summed E-state index contributed by atoms with van der Waals surface area (Å²) in [4.78, 5) is 12.1. The number of carboxylic acid groups (broad SMARTS) is 1. The van der Waals surface area contributed by atoms with Gasteiger partial charge in [-0.2, -0.15) is 0 Å². The molecule has 0 aliphatic carbocycles. The van der Waals surface area contributed by atoms with Crippen LogP contribution >= 0.6 is 11.3 Å². The van der Waals surface area contributed by atoms with E-state index >= 15 is 0 Å². The van der Waals surface area contributed by atoms with E-state index in [0.717, 1.165) is 16.0 Å². The fourth-order valence-corrected chi connectivity index (χ4v) is 2.73. The monoisotopic (exact) mass is 247 g/mol. The second-order valence-electron chi connectivity index (χ2n) is 3.77. The molecule has 17 heavy (non-hydrogen) atoms. The number of aryl methyl sites for hydroxylation is 1. The van der Waals surface area contributed by atoms with Gasteiger partial charge >= 0.3 is 5.97 Å². The standard InChI is InChI=1S/C13H13NO2S/c1-8-3-5-9(6-4-8)12-11(13(15)16)10(14-2)7-17-12/h3-7,14H,1-2H3,(H,15,16). The van der Waals surface area contributed by atoms with Gasteiger partial charge in [-0.05, 0) is 12.5 Å². The molecular formula is C13H13NO2S. The van der Waals surface area contributed by atoms with E-state index in [1.165, 1.54) is 11.3 Å². The average Bonchev–Trinajstić information content (AvgIpc) is 2.73. The van der Waals surface area contributed by atoms with E-state index in [4.69, 9.17) is 0 Å². The molecule has 1 heterocycles. The highest BCUT2D eigenvalue weighted by Crippen LogP contribution is 2.35. The van der Waals surface area contributed by atoms with Gasteiger partial charge in [-0.1, -0.05) is 29.8 Å². The first-order valence-electron chi connectivity index (χ1n) is 5.23. The summed E-state index contributed by atoms with van der Waals surface area (Å²) < 4.78 is 0. The molecule has 0 radical (unpaired) electrons. The third-order valence-electron chi connectivity index (χ3n) is 2.59. The highest BCUT2D eigenvalue weighted by Gasteiger charge is 2.18. The van der Waals surface area contributed by atoms with Gasteiger partial charge < -0.3 is 10.4 Å². The minimum absolute atomic E-state index is 0.348. The Kier molecular flexibility index (Phi) is 3.15. The molecular weight excluding hydrogens is 234 g/mol. The lowest BCUT2D eigenvalue weighted by atomic mass is 10.1. The summed E-state index contributed by atoms with van der Waals surface area (Å²) in [6.45, 7) is 2.01. The largest absolute Gasteiger partial charge is 0.478 e. The maximum Gasteiger partial charge on any atom is 0.339 e. The molecule has 2 aromatic rings. The highest BCUT2D eigenvalue weighted by molar-refractivity contribution is 7.14. The van der Waals surface area contributed by atoms with Gasteiger partial charge in [0.05, 0.1) is 10.6 Å². The number of carboxylic acids is 1. The van der Waals surface area contributed by atoms with E-state index in [1.54, 1.807) is 7.05 Å². The van der Waals surface area contributed by atoms with Crippen LogP contribution in [0.4, 0.5) is 5.69 Å². The normalized spacial score (nSPS) is 10.2. The van der Waals surface area contributed by atoms with E-state index in [0.29, 0.717) is 11.3 Å². The molecule has 0 amide bonds. The molecule has 0 atom stereocenters. The molecule has 0 fully saturated rings. The Bertz CT molecular complexity index is 543. The van der Waals surface area contributed by atoms with Crippen molar-refractivity contribution in [2.24, 2.45) is 0 Å². The third kappa shape index (κ3) is 2.17. The summed E-state index contributed by atoms with van der Waals surface area (Å²) in [5.41, 5.74) is 3.12. The third-order valence-corrected chi connectivity index (χ3v) is 3.62. The molecule has 3 nitrogen and oxygen atoms in total. The van der Waals surface area contributed by atoms with E-state index < -0.39 is 5.97 Å². The minimum atomic E-state index is -0.897. The molecule has 1 aromatic heterocycles. The van der Waals surface area contributed by atoms with Gasteiger partial charge in [-0.3, -0.25) is 0 Å². The quantitative estimate of drug-likeness (QED) is 0.873. The number of benzene rings is 1.